The molecule has 0 N–H and O–H groups in total. The SMILES string of the molecule is CC1=C(C)N=CC=C=C1. The van der Waals surface area contributed by atoms with Crippen LogP contribution in [0.25, 0.3) is 0 Å². The molecule has 1 heteroatoms. The van der Waals surface area contributed by atoms with Crippen LogP contribution < -0.4 is 0 Å². The van der Waals surface area contributed by atoms with Crippen LogP contribution in [0.2, 0.25) is 0 Å². The Morgan fingerprint density at radius 3 is 3.00 bits per heavy atom. The fraction of sp³-hybridized carbons (Fsp3) is 0.250. The highest BCUT2D eigenvalue weighted by molar-refractivity contribution is 5.72. The van der Waals surface area contributed by atoms with E-state index in [2.05, 4.69) is 10.7 Å². The quantitative estimate of drug-likeness (QED) is 0.433. The van der Waals surface area contributed by atoms with E-state index >= 15 is 0 Å². The summed E-state index contributed by atoms with van der Waals surface area (Å²) in [5.74, 6) is 0. The lowest BCUT2D eigenvalue weighted by Gasteiger charge is -1.91. The molecule has 0 saturated carbocycles. The third-order valence-corrected chi connectivity index (χ3v) is 1.31. The van der Waals surface area contributed by atoms with E-state index < -0.39 is 0 Å². The lowest BCUT2D eigenvalue weighted by Crippen LogP contribution is -1.73. The largest absolute Gasteiger partial charge is 0.261 e. The van der Waals surface area contributed by atoms with Crippen molar-refractivity contribution in [1.29, 1.82) is 0 Å². The van der Waals surface area contributed by atoms with Gasteiger partial charge in [0.1, 0.15) is 0 Å². The third-order valence-electron chi connectivity index (χ3n) is 1.31. The first-order chi connectivity index (χ1) is 4.30. The normalized spacial score (nSPS) is 16.7. The van der Waals surface area contributed by atoms with Gasteiger partial charge in [0.15, 0.2) is 0 Å². The molecular formula is C8H9N. The van der Waals surface area contributed by atoms with Crippen molar-refractivity contribution in [2.45, 2.75) is 13.8 Å². The Kier molecular flexibility index (Phi) is 1.66. The van der Waals surface area contributed by atoms with Gasteiger partial charge in [-0.1, -0.05) is 0 Å². The minimum absolute atomic E-state index is 1.07. The Balaban J connectivity index is 3.06. The third kappa shape index (κ3) is 1.41. The van der Waals surface area contributed by atoms with E-state index in [-0.39, 0.29) is 0 Å². The van der Waals surface area contributed by atoms with E-state index in [1.54, 1.807) is 12.3 Å². The van der Waals surface area contributed by atoms with Gasteiger partial charge in [0.2, 0.25) is 0 Å². The Morgan fingerprint density at radius 2 is 2.22 bits per heavy atom. The van der Waals surface area contributed by atoms with Crippen LogP contribution >= 0.6 is 0 Å². The molecule has 46 valence electrons. The highest BCUT2D eigenvalue weighted by Gasteiger charge is 1.88. The predicted molar refractivity (Wildman–Crippen MR) is 39.5 cm³/mol. The van der Waals surface area contributed by atoms with Crippen LogP contribution in [-0.2, 0) is 0 Å². The zero-order valence-electron chi connectivity index (χ0n) is 5.68. The Bertz CT molecular complexity index is 225. The van der Waals surface area contributed by atoms with Crippen molar-refractivity contribution in [1.82, 2.24) is 0 Å². The number of aliphatic imine (C=N–C) groups is 1. The molecule has 1 nitrogen and oxygen atoms in total. The maximum atomic E-state index is 4.11. The summed E-state index contributed by atoms with van der Waals surface area (Å²) in [6.07, 6.45) is 5.49. The zero-order valence-corrected chi connectivity index (χ0v) is 5.68. The zero-order chi connectivity index (χ0) is 6.69. The Morgan fingerprint density at radius 1 is 1.44 bits per heavy atom. The van der Waals surface area contributed by atoms with E-state index in [0.717, 1.165) is 5.70 Å². The fourth-order valence-electron chi connectivity index (χ4n) is 0.571. The highest BCUT2D eigenvalue weighted by Crippen LogP contribution is 2.05. The van der Waals surface area contributed by atoms with E-state index in [1.165, 1.54) is 5.57 Å². The first kappa shape index (κ1) is 6.06. The summed E-state index contributed by atoms with van der Waals surface area (Å²) >= 11 is 0. The molecule has 1 aliphatic rings. The first-order valence-corrected chi connectivity index (χ1v) is 2.93. The highest BCUT2D eigenvalue weighted by atomic mass is 14.7. The second kappa shape index (κ2) is 2.47. The number of hydrogen-bond acceptors (Lipinski definition) is 1. The van der Waals surface area contributed by atoms with Gasteiger partial charge in [-0.05, 0) is 31.6 Å². The Labute approximate surface area is 55.1 Å². The number of nitrogens with zero attached hydrogens (tertiary/aromatic N) is 1. The van der Waals surface area contributed by atoms with E-state index in [9.17, 15) is 0 Å². The van der Waals surface area contributed by atoms with E-state index in [0.29, 0.717) is 0 Å². The molecule has 0 aromatic heterocycles. The molecule has 0 radical (unpaired) electrons. The van der Waals surface area contributed by atoms with Crippen LogP contribution in [0, 0.1) is 0 Å². The number of rotatable bonds is 0. The first-order valence-electron chi connectivity index (χ1n) is 2.93. The van der Waals surface area contributed by atoms with Gasteiger partial charge in [-0.15, -0.1) is 5.73 Å². The molecule has 0 aromatic rings. The number of allylic oxidation sites excluding steroid dienone is 3. The molecule has 0 bridgehead atoms. The van der Waals surface area contributed by atoms with Crippen LogP contribution in [-0.4, -0.2) is 6.21 Å². The monoisotopic (exact) mass is 119 g/mol. The topological polar surface area (TPSA) is 12.4 Å². The van der Waals surface area contributed by atoms with Crippen molar-refractivity contribution in [2.24, 2.45) is 4.99 Å². The van der Waals surface area contributed by atoms with Gasteiger partial charge in [-0.2, -0.15) is 0 Å². The second-order valence-corrected chi connectivity index (χ2v) is 2.02. The lowest BCUT2D eigenvalue weighted by molar-refractivity contribution is 1.25. The molecular weight excluding hydrogens is 110 g/mol. The lowest BCUT2D eigenvalue weighted by atomic mass is 10.2. The molecule has 0 fully saturated rings. The van der Waals surface area contributed by atoms with Gasteiger partial charge < -0.3 is 0 Å². The predicted octanol–water partition coefficient (Wildman–Crippen LogP) is 2.08. The minimum Gasteiger partial charge on any atom is -0.261 e. The van der Waals surface area contributed by atoms with Gasteiger partial charge in [0, 0.05) is 11.9 Å². The van der Waals surface area contributed by atoms with Gasteiger partial charge in [-0.3, -0.25) is 4.99 Å². The van der Waals surface area contributed by atoms with Crippen molar-refractivity contribution >= 4 is 6.21 Å². The number of hydrogen-bond donors (Lipinski definition) is 0. The Hall–Kier alpha value is -1.07. The molecule has 0 aromatic carbocycles. The van der Waals surface area contributed by atoms with Gasteiger partial charge in [-0.25, -0.2) is 0 Å². The van der Waals surface area contributed by atoms with Gasteiger partial charge in [0.25, 0.3) is 0 Å². The summed E-state index contributed by atoms with van der Waals surface area (Å²) in [6.45, 7) is 4.02. The van der Waals surface area contributed by atoms with Crippen molar-refractivity contribution < 1.29 is 0 Å². The average Bonchev–Trinajstić information content (AvgIpc) is 1.99. The smallest absolute Gasteiger partial charge is 0.0408 e. The van der Waals surface area contributed by atoms with E-state index in [1.807, 2.05) is 19.9 Å². The molecule has 0 unspecified atom stereocenters. The van der Waals surface area contributed by atoms with Crippen molar-refractivity contribution in [2.75, 3.05) is 0 Å². The molecule has 0 atom stereocenters. The van der Waals surface area contributed by atoms with Crippen molar-refractivity contribution in [3.8, 4) is 0 Å². The van der Waals surface area contributed by atoms with Gasteiger partial charge >= 0.3 is 0 Å². The van der Waals surface area contributed by atoms with Crippen LogP contribution in [0.15, 0.2) is 34.1 Å². The van der Waals surface area contributed by atoms with Crippen molar-refractivity contribution in [3.63, 3.8) is 0 Å². The van der Waals surface area contributed by atoms with Crippen LogP contribution in [0.3, 0.4) is 0 Å². The average molecular weight is 119 g/mol. The summed E-state index contributed by atoms with van der Waals surface area (Å²) in [4.78, 5) is 4.11. The summed E-state index contributed by atoms with van der Waals surface area (Å²) < 4.78 is 0. The molecule has 0 amide bonds. The summed E-state index contributed by atoms with van der Waals surface area (Å²) in [7, 11) is 0. The summed E-state index contributed by atoms with van der Waals surface area (Å²) in [6, 6.07) is 0. The molecule has 0 saturated heterocycles. The van der Waals surface area contributed by atoms with Crippen LogP contribution in [0.4, 0.5) is 0 Å². The molecule has 1 rings (SSSR count). The van der Waals surface area contributed by atoms with Crippen LogP contribution in [0.5, 0.6) is 0 Å². The molecule has 0 spiro atoms. The molecule has 0 aliphatic carbocycles. The standard InChI is InChI=1S/C8H9N/c1-7-5-3-4-6-9-8(7)2/h4-6H,1-2H3. The molecule has 1 heterocycles. The molecule has 1 aliphatic heterocycles. The van der Waals surface area contributed by atoms with Crippen LogP contribution in [0.1, 0.15) is 13.8 Å². The fourth-order valence-corrected chi connectivity index (χ4v) is 0.571. The summed E-state index contributed by atoms with van der Waals surface area (Å²) in [5.41, 5.74) is 5.22. The van der Waals surface area contributed by atoms with Crippen molar-refractivity contribution in [3.05, 3.63) is 29.2 Å². The van der Waals surface area contributed by atoms with Gasteiger partial charge in [0.05, 0.1) is 0 Å². The second-order valence-electron chi connectivity index (χ2n) is 2.02. The maximum Gasteiger partial charge on any atom is 0.0408 e. The molecule has 9 heavy (non-hydrogen) atoms. The van der Waals surface area contributed by atoms with E-state index in [4.69, 9.17) is 0 Å². The summed E-state index contributed by atoms with van der Waals surface area (Å²) in [5, 5.41) is 0. The minimum atomic E-state index is 1.07. The maximum absolute atomic E-state index is 4.11.